The lowest BCUT2D eigenvalue weighted by atomic mass is 10.3. The smallest absolute Gasteiger partial charge is 0.431 e. The molecular weight excluding hydrogens is 212 g/mol. The van der Waals surface area contributed by atoms with E-state index in [4.69, 9.17) is 5.11 Å². The zero-order valence-corrected chi connectivity index (χ0v) is 8.51. The minimum absolute atomic E-state index is 0.254. The second-order valence-corrected chi connectivity index (χ2v) is 2.95. The maximum atomic E-state index is 11.1. The van der Waals surface area contributed by atoms with Crippen LogP contribution in [0.1, 0.15) is 6.92 Å². The van der Waals surface area contributed by atoms with E-state index in [9.17, 15) is 14.4 Å². The average molecular weight is 222 g/mol. The number of Topliss-reactive ketones (excluding diaryl/α,β-unsaturated/α-hetero) is 1. The number of carboxylic acid groups (broad SMARTS) is 1. The number of anilines is 1. The van der Waals surface area contributed by atoms with E-state index < -0.39 is 17.8 Å². The number of nitrogens with zero attached hydrogens (tertiary/aromatic N) is 1. The number of carbonyl (C=O) groups is 3. The third-order valence-corrected chi connectivity index (χ3v) is 1.74. The SMILES string of the molecule is CC(=O)C(=O)NN(C(=O)O)c1ccccc1. The van der Waals surface area contributed by atoms with Gasteiger partial charge in [-0.1, -0.05) is 18.2 Å². The quantitative estimate of drug-likeness (QED) is 0.572. The van der Waals surface area contributed by atoms with E-state index in [1.54, 1.807) is 18.2 Å². The monoisotopic (exact) mass is 222 g/mol. The fourth-order valence-corrected chi connectivity index (χ4v) is 0.980. The van der Waals surface area contributed by atoms with E-state index in [0.29, 0.717) is 5.01 Å². The molecule has 0 radical (unpaired) electrons. The van der Waals surface area contributed by atoms with Gasteiger partial charge in [-0.25, -0.2) is 4.79 Å². The van der Waals surface area contributed by atoms with Crippen LogP contribution in [0.5, 0.6) is 0 Å². The zero-order chi connectivity index (χ0) is 12.1. The fraction of sp³-hybridized carbons (Fsp3) is 0.100. The molecule has 6 nitrogen and oxygen atoms in total. The lowest BCUT2D eigenvalue weighted by Crippen LogP contribution is -2.47. The highest BCUT2D eigenvalue weighted by atomic mass is 16.4. The lowest BCUT2D eigenvalue weighted by molar-refractivity contribution is -0.136. The van der Waals surface area contributed by atoms with Crippen molar-refractivity contribution in [2.45, 2.75) is 6.92 Å². The third-order valence-electron chi connectivity index (χ3n) is 1.74. The van der Waals surface area contributed by atoms with E-state index in [1.165, 1.54) is 12.1 Å². The molecule has 1 aromatic carbocycles. The summed E-state index contributed by atoms with van der Waals surface area (Å²) < 4.78 is 0. The summed E-state index contributed by atoms with van der Waals surface area (Å²) in [6.45, 7) is 1.06. The van der Waals surface area contributed by atoms with Crippen molar-refractivity contribution in [3.63, 3.8) is 0 Å². The number of nitrogens with one attached hydrogen (secondary N) is 1. The Morgan fingerprint density at radius 2 is 1.75 bits per heavy atom. The van der Waals surface area contributed by atoms with Crippen molar-refractivity contribution in [1.82, 2.24) is 5.43 Å². The van der Waals surface area contributed by atoms with Crippen molar-refractivity contribution in [2.24, 2.45) is 0 Å². The predicted molar refractivity (Wildman–Crippen MR) is 55.8 cm³/mol. The molecule has 0 aliphatic carbocycles. The minimum Gasteiger partial charge on any atom is -0.463 e. The lowest BCUT2D eigenvalue weighted by Gasteiger charge is -2.18. The third kappa shape index (κ3) is 2.81. The number of carbonyl (C=O) groups excluding carboxylic acids is 2. The van der Waals surface area contributed by atoms with Crippen LogP contribution in [-0.2, 0) is 9.59 Å². The number of benzene rings is 1. The molecule has 0 heterocycles. The highest BCUT2D eigenvalue weighted by Crippen LogP contribution is 2.10. The molecule has 0 aliphatic rings. The maximum absolute atomic E-state index is 11.1. The van der Waals surface area contributed by atoms with Crippen LogP contribution in [0.25, 0.3) is 0 Å². The molecular formula is C10H10N2O4. The Kier molecular flexibility index (Phi) is 3.60. The average Bonchev–Trinajstić information content (AvgIpc) is 2.26. The van der Waals surface area contributed by atoms with Crippen LogP contribution in [0.2, 0.25) is 0 Å². The van der Waals surface area contributed by atoms with Gasteiger partial charge < -0.3 is 5.11 Å². The van der Waals surface area contributed by atoms with E-state index in [2.05, 4.69) is 0 Å². The van der Waals surface area contributed by atoms with Crippen molar-refractivity contribution < 1.29 is 19.5 Å². The van der Waals surface area contributed by atoms with Crippen LogP contribution in [0.4, 0.5) is 10.5 Å². The first-order chi connectivity index (χ1) is 7.52. The molecule has 0 saturated carbocycles. The second-order valence-electron chi connectivity index (χ2n) is 2.95. The van der Waals surface area contributed by atoms with E-state index in [1.807, 2.05) is 5.43 Å². The molecule has 84 valence electrons. The molecule has 0 atom stereocenters. The van der Waals surface area contributed by atoms with Crippen LogP contribution in [0.15, 0.2) is 30.3 Å². The van der Waals surface area contributed by atoms with Crippen molar-refractivity contribution in [3.05, 3.63) is 30.3 Å². The molecule has 0 unspecified atom stereocenters. The van der Waals surface area contributed by atoms with Gasteiger partial charge in [0.25, 0.3) is 0 Å². The molecule has 2 N–H and O–H groups in total. The fourth-order valence-electron chi connectivity index (χ4n) is 0.980. The summed E-state index contributed by atoms with van der Waals surface area (Å²) >= 11 is 0. The Labute approximate surface area is 91.4 Å². The van der Waals surface area contributed by atoms with Gasteiger partial charge in [0.1, 0.15) is 0 Å². The molecule has 0 aromatic heterocycles. The topological polar surface area (TPSA) is 86.7 Å². The highest BCUT2D eigenvalue weighted by Gasteiger charge is 2.18. The van der Waals surface area contributed by atoms with Crippen LogP contribution < -0.4 is 10.4 Å². The first-order valence-electron chi connectivity index (χ1n) is 4.42. The summed E-state index contributed by atoms with van der Waals surface area (Å²) in [5.41, 5.74) is 2.23. The van der Waals surface area contributed by atoms with Crippen LogP contribution in [-0.4, -0.2) is 22.9 Å². The minimum atomic E-state index is -1.37. The first kappa shape index (κ1) is 11.7. The van der Waals surface area contributed by atoms with E-state index >= 15 is 0 Å². The number of hydrogen-bond acceptors (Lipinski definition) is 3. The van der Waals surface area contributed by atoms with Gasteiger partial charge in [-0.05, 0) is 12.1 Å². The molecule has 0 bridgehead atoms. The van der Waals surface area contributed by atoms with Gasteiger partial charge in [0.2, 0.25) is 5.78 Å². The molecule has 2 amide bonds. The Morgan fingerprint density at radius 3 is 2.19 bits per heavy atom. The van der Waals surface area contributed by atoms with Crippen molar-refractivity contribution in [3.8, 4) is 0 Å². The molecule has 0 saturated heterocycles. The van der Waals surface area contributed by atoms with Gasteiger partial charge in [0, 0.05) is 6.92 Å². The summed E-state index contributed by atoms with van der Waals surface area (Å²) in [6.07, 6.45) is -1.37. The Hall–Kier alpha value is -2.37. The number of hydrazine groups is 1. The van der Waals surface area contributed by atoms with Crippen molar-refractivity contribution in [2.75, 3.05) is 5.01 Å². The molecule has 6 heteroatoms. The summed E-state index contributed by atoms with van der Waals surface area (Å²) in [6, 6.07) is 7.93. The molecule has 0 fully saturated rings. The zero-order valence-electron chi connectivity index (χ0n) is 8.51. The van der Waals surface area contributed by atoms with Gasteiger partial charge in [-0.3, -0.25) is 15.0 Å². The number of hydrogen-bond donors (Lipinski definition) is 2. The van der Waals surface area contributed by atoms with Crippen LogP contribution >= 0.6 is 0 Å². The van der Waals surface area contributed by atoms with Crippen LogP contribution in [0.3, 0.4) is 0 Å². The van der Waals surface area contributed by atoms with Gasteiger partial charge >= 0.3 is 12.0 Å². The van der Waals surface area contributed by atoms with Gasteiger partial charge in [0.15, 0.2) is 0 Å². The second kappa shape index (κ2) is 4.92. The Balaban J connectivity index is 2.89. The van der Waals surface area contributed by atoms with Crippen molar-refractivity contribution >= 4 is 23.5 Å². The first-order valence-corrected chi connectivity index (χ1v) is 4.42. The summed E-state index contributed by atoms with van der Waals surface area (Å²) in [5.74, 6) is -1.74. The van der Waals surface area contributed by atoms with Gasteiger partial charge in [-0.2, -0.15) is 5.01 Å². The molecule has 16 heavy (non-hydrogen) atoms. The number of rotatable bonds is 2. The molecule has 1 rings (SSSR count). The molecule has 0 aliphatic heterocycles. The summed E-state index contributed by atoms with van der Waals surface area (Å²) in [7, 11) is 0. The normalized spacial score (nSPS) is 9.31. The standard InChI is InChI=1S/C10H10N2O4/c1-7(13)9(14)11-12(10(15)16)8-5-3-2-4-6-8/h2-6H,1H3,(H,11,14)(H,15,16). The predicted octanol–water partition coefficient (Wildman–Crippen LogP) is 0.791. The summed E-state index contributed by atoms with van der Waals surface area (Å²) in [4.78, 5) is 32.6. The maximum Gasteiger partial charge on any atom is 0.431 e. The van der Waals surface area contributed by atoms with Crippen molar-refractivity contribution in [1.29, 1.82) is 0 Å². The largest absolute Gasteiger partial charge is 0.463 e. The van der Waals surface area contributed by atoms with Gasteiger partial charge in [-0.15, -0.1) is 0 Å². The number of ketones is 1. The summed E-state index contributed by atoms with van der Waals surface area (Å²) in [5, 5.41) is 9.44. The number of para-hydroxylation sites is 1. The van der Waals surface area contributed by atoms with E-state index in [-0.39, 0.29) is 5.69 Å². The Morgan fingerprint density at radius 1 is 1.19 bits per heavy atom. The number of amides is 2. The molecule has 0 spiro atoms. The van der Waals surface area contributed by atoms with Gasteiger partial charge in [0.05, 0.1) is 5.69 Å². The molecule has 1 aromatic rings. The van der Waals surface area contributed by atoms with E-state index in [0.717, 1.165) is 6.92 Å². The Bertz CT molecular complexity index is 416. The highest BCUT2D eigenvalue weighted by molar-refractivity contribution is 6.35. The van der Waals surface area contributed by atoms with Crippen LogP contribution in [0, 0.1) is 0 Å².